The summed E-state index contributed by atoms with van der Waals surface area (Å²) < 4.78 is 1.88. The molecule has 1 N–H and O–H groups in total. The molecule has 11 heavy (non-hydrogen) atoms. The van der Waals surface area contributed by atoms with E-state index in [1.807, 2.05) is 6.07 Å². The third-order valence-electron chi connectivity index (χ3n) is 1.36. The molecule has 0 bridgehead atoms. The van der Waals surface area contributed by atoms with Crippen LogP contribution in [-0.4, -0.2) is 15.2 Å². The van der Waals surface area contributed by atoms with Crippen LogP contribution in [0.2, 0.25) is 0 Å². The molecule has 0 saturated carbocycles. The zero-order valence-corrected chi connectivity index (χ0v) is 9.05. The van der Waals surface area contributed by atoms with Crippen LogP contribution in [0.4, 0.5) is 0 Å². The van der Waals surface area contributed by atoms with E-state index in [4.69, 9.17) is 0 Å². The Bertz CT molecular complexity index is 398. The van der Waals surface area contributed by atoms with Crippen LogP contribution in [-0.2, 0) is 0 Å². The SMILES string of the molecule is Brc1[nH]nc2cnc(I)cc12. The van der Waals surface area contributed by atoms with Crippen molar-refractivity contribution >= 4 is 49.4 Å². The van der Waals surface area contributed by atoms with E-state index in [0.717, 1.165) is 19.2 Å². The maximum Gasteiger partial charge on any atom is 0.112 e. The van der Waals surface area contributed by atoms with Crippen molar-refractivity contribution in [2.24, 2.45) is 0 Å². The summed E-state index contributed by atoms with van der Waals surface area (Å²) >= 11 is 5.52. The Balaban J connectivity index is 2.87. The van der Waals surface area contributed by atoms with Gasteiger partial charge in [0, 0.05) is 5.39 Å². The number of nitrogens with one attached hydrogen (secondary N) is 1. The fourth-order valence-electron chi connectivity index (χ4n) is 0.857. The molecule has 0 spiro atoms. The van der Waals surface area contributed by atoms with E-state index in [9.17, 15) is 0 Å². The summed E-state index contributed by atoms with van der Waals surface area (Å²) in [5.41, 5.74) is 0.886. The van der Waals surface area contributed by atoms with Crippen LogP contribution in [0.1, 0.15) is 0 Å². The van der Waals surface area contributed by atoms with Gasteiger partial charge in [0.2, 0.25) is 0 Å². The number of nitrogens with zero attached hydrogens (tertiary/aromatic N) is 2. The summed E-state index contributed by atoms with van der Waals surface area (Å²) in [5, 5.41) is 7.92. The van der Waals surface area contributed by atoms with Crippen molar-refractivity contribution in [3.63, 3.8) is 0 Å². The van der Waals surface area contributed by atoms with Crippen LogP contribution >= 0.6 is 38.5 Å². The summed E-state index contributed by atoms with van der Waals surface area (Å²) in [7, 11) is 0. The van der Waals surface area contributed by atoms with E-state index < -0.39 is 0 Å². The van der Waals surface area contributed by atoms with Gasteiger partial charge < -0.3 is 0 Å². The minimum Gasteiger partial charge on any atom is -0.270 e. The second kappa shape index (κ2) is 2.71. The fourth-order valence-corrected chi connectivity index (χ4v) is 1.71. The second-order valence-corrected chi connectivity index (χ2v) is 3.96. The van der Waals surface area contributed by atoms with Gasteiger partial charge in [-0.1, -0.05) is 0 Å². The van der Waals surface area contributed by atoms with Crippen molar-refractivity contribution in [1.82, 2.24) is 15.2 Å². The Morgan fingerprint density at radius 2 is 2.36 bits per heavy atom. The molecule has 2 aromatic heterocycles. The lowest BCUT2D eigenvalue weighted by molar-refractivity contribution is 1.09. The van der Waals surface area contributed by atoms with Gasteiger partial charge >= 0.3 is 0 Å². The molecule has 2 heterocycles. The van der Waals surface area contributed by atoms with Gasteiger partial charge in [0.25, 0.3) is 0 Å². The summed E-state index contributed by atoms with van der Waals surface area (Å²) in [5.74, 6) is 0. The van der Waals surface area contributed by atoms with Crippen LogP contribution in [0.3, 0.4) is 0 Å². The lowest BCUT2D eigenvalue weighted by atomic mass is 10.3. The van der Waals surface area contributed by atoms with Crippen molar-refractivity contribution in [2.45, 2.75) is 0 Å². The van der Waals surface area contributed by atoms with E-state index in [1.54, 1.807) is 6.20 Å². The molecular formula is C6H3BrIN3. The number of pyridine rings is 1. The van der Waals surface area contributed by atoms with Crippen LogP contribution in [0.5, 0.6) is 0 Å². The van der Waals surface area contributed by atoms with E-state index in [0.29, 0.717) is 0 Å². The standard InChI is InChI=1S/C6H3BrIN3/c7-6-3-1-5(8)9-2-4(3)10-11-6/h1-2H,(H,10,11). The van der Waals surface area contributed by atoms with Gasteiger partial charge in [0.15, 0.2) is 0 Å². The Labute approximate surface area is 84.9 Å². The summed E-state index contributed by atoms with van der Waals surface area (Å²) in [6.07, 6.45) is 1.75. The van der Waals surface area contributed by atoms with Crippen molar-refractivity contribution in [3.8, 4) is 0 Å². The largest absolute Gasteiger partial charge is 0.270 e. The predicted molar refractivity (Wildman–Crippen MR) is 54.3 cm³/mol. The van der Waals surface area contributed by atoms with Crippen molar-refractivity contribution in [3.05, 3.63) is 20.6 Å². The van der Waals surface area contributed by atoms with Gasteiger partial charge in [-0.3, -0.25) is 5.10 Å². The lowest BCUT2D eigenvalue weighted by Gasteiger charge is -1.88. The molecule has 0 amide bonds. The molecule has 56 valence electrons. The number of halogens is 2. The van der Waals surface area contributed by atoms with Crippen molar-refractivity contribution in [1.29, 1.82) is 0 Å². The fraction of sp³-hybridized carbons (Fsp3) is 0. The highest BCUT2D eigenvalue weighted by Gasteiger charge is 2.01. The number of hydrogen-bond acceptors (Lipinski definition) is 2. The molecule has 2 aromatic rings. The number of hydrogen-bond donors (Lipinski definition) is 1. The zero-order valence-electron chi connectivity index (χ0n) is 5.31. The molecule has 0 aliphatic heterocycles. The first-order valence-electron chi connectivity index (χ1n) is 2.92. The maximum absolute atomic E-state index is 4.10. The third-order valence-corrected chi connectivity index (χ3v) is 2.55. The van der Waals surface area contributed by atoms with Gasteiger partial charge in [-0.25, -0.2) is 4.98 Å². The van der Waals surface area contributed by atoms with Gasteiger partial charge in [-0.2, -0.15) is 5.10 Å². The van der Waals surface area contributed by atoms with Crippen LogP contribution in [0, 0.1) is 3.70 Å². The number of aromatic nitrogens is 3. The lowest BCUT2D eigenvalue weighted by Crippen LogP contribution is -1.77. The first-order valence-corrected chi connectivity index (χ1v) is 4.79. The van der Waals surface area contributed by atoms with Crippen LogP contribution in [0.15, 0.2) is 16.9 Å². The second-order valence-electron chi connectivity index (χ2n) is 2.06. The molecular weight excluding hydrogens is 321 g/mol. The third kappa shape index (κ3) is 1.26. The first kappa shape index (κ1) is 7.48. The van der Waals surface area contributed by atoms with Gasteiger partial charge in [0.1, 0.15) is 13.8 Å². The topological polar surface area (TPSA) is 41.6 Å². The molecule has 0 saturated heterocycles. The minimum absolute atomic E-state index is 0.886. The smallest absolute Gasteiger partial charge is 0.112 e. The average Bonchev–Trinajstić information content (AvgIpc) is 2.33. The average molecular weight is 324 g/mol. The Morgan fingerprint density at radius 1 is 1.55 bits per heavy atom. The molecule has 2 rings (SSSR count). The van der Waals surface area contributed by atoms with Crippen LogP contribution < -0.4 is 0 Å². The van der Waals surface area contributed by atoms with Crippen molar-refractivity contribution < 1.29 is 0 Å². The molecule has 5 heteroatoms. The molecule has 0 unspecified atom stereocenters. The monoisotopic (exact) mass is 323 g/mol. The predicted octanol–water partition coefficient (Wildman–Crippen LogP) is 2.33. The van der Waals surface area contributed by atoms with E-state index in [1.165, 1.54) is 0 Å². The summed E-state index contributed by atoms with van der Waals surface area (Å²) in [6, 6.07) is 1.98. The molecule has 0 atom stereocenters. The Morgan fingerprint density at radius 3 is 3.18 bits per heavy atom. The van der Waals surface area contributed by atoms with Crippen molar-refractivity contribution in [2.75, 3.05) is 0 Å². The summed E-state index contributed by atoms with van der Waals surface area (Å²) in [4.78, 5) is 4.10. The Hall–Kier alpha value is -0.170. The van der Waals surface area contributed by atoms with Gasteiger partial charge in [-0.15, -0.1) is 0 Å². The molecule has 0 aromatic carbocycles. The molecule has 0 aliphatic rings. The molecule has 3 nitrogen and oxygen atoms in total. The maximum atomic E-state index is 4.10. The zero-order chi connectivity index (χ0) is 7.84. The quantitative estimate of drug-likeness (QED) is 0.597. The summed E-state index contributed by atoms with van der Waals surface area (Å²) in [6.45, 7) is 0. The van der Waals surface area contributed by atoms with Crippen LogP contribution in [0.25, 0.3) is 10.9 Å². The van der Waals surface area contributed by atoms with E-state index >= 15 is 0 Å². The van der Waals surface area contributed by atoms with E-state index in [-0.39, 0.29) is 0 Å². The number of aromatic amines is 1. The minimum atomic E-state index is 0.886. The van der Waals surface area contributed by atoms with Gasteiger partial charge in [0.05, 0.1) is 6.20 Å². The first-order chi connectivity index (χ1) is 5.27. The number of rotatable bonds is 0. The Kier molecular flexibility index (Phi) is 1.84. The normalized spacial score (nSPS) is 10.7. The highest BCUT2D eigenvalue weighted by molar-refractivity contribution is 14.1. The van der Waals surface area contributed by atoms with E-state index in [2.05, 4.69) is 53.7 Å². The number of H-pyrrole nitrogens is 1. The van der Waals surface area contributed by atoms with Gasteiger partial charge in [-0.05, 0) is 44.6 Å². The molecule has 0 fully saturated rings. The molecule has 0 radical (unpaired) electrons. The highest BCUT2D eigenvalue weighted by Crippen LogP contribution is 2.20. The highest BCUT2D eigenvalue weighted by atomic mass is 127. The number of fused-ring (bicyclic) bond motifs is 1. The molecule has 0 aliphatic carbocycles.